The monoisotopic (exact) mass is 246 g/mol. The van der Waals surface area contributed by atoms with Gasteiger partial charge in [-0.05, 0) is 19.3 Å². The second kappa shape index (κ2) is 14.6. The summed E-state index contributed by atoms with van der Waals surface area (Å²) in [4.78, 5) is 29.5. The molecule has 0 aromatic rings. The molecule has 17 heavy (non-hydrogen) atoms. The Labute approximate surface area is 102 Å². The maximum atomic E-state index is 9.87. The van der Waals surface area contributed by atoms with Crippen molar-refractivity contribution in [3.8, 4) is 0 Å². The molecule has 0 fully saturated rings. The normalized spacial score (nSPS) is 9.00. The second-order valence-electron chi connectivity index (χ2n) is 3.66. The largest absolute Gasteiger partial charge is 0.481 e. The first kappa shape index (κ1) is 18.0. The van der Waals surface area contributed by atoms with Gasteiger partial charge in [0.25, 0.3) is 0 Å². The van der Waals surface area contributed by atoms with Gasteiger partial charge in [-0.1, -0.05) is 19.8 Å². The smallest absolute Gasteiger partial charge is 0.303 e. The average molecular weight is 246 g/mol. The van der Waals surface area contributed by atoms with Crippen molar-refractivity contribution in [2.45, 2.75) is 58.3 Å². The van der Waals surface area contributed by atoms with Crippen LogP contribution in [-0.4, -0.2) is 28.4 Å². The van der Waals surface area contributed by atoms with Crippen LogP contribution in [0.2, 0.25) is 0 Å². The van der Waals surface area contributed by atoms with E-state index >= 15 is 0 Å². The van der Waals surface area contributed by atoms with Crippen LogP contribution >= 0.6 is 0 Å². The van der Waals surface area contributed by atoms with Crippen molar-refractivity contribution in [2.75, 3.05) is 0 Å². The number of hydrogen-bond acceptors (Lipinski definition) is 3. The van der Waals surface area contributed by atoms with Gasteiger partial charge in [-0.25, -0.2) is 0 Å². The molecule has 100 valence electrons. The van der Waals surface area contributed by atoms with E-state index in [1.807, 2.05) is 0 Å². The first-order chi connectivity index (χ1) is 8.04. The van der Waals surface area contributed by atoms with Crippen LogP contribution < -0.4 is 0 Å². The number of carbonyl (C=O) groups is 3. The summed E-state index contributed by atoms with van der Waals surface area (Å²) in [5, 5.41) is 16.3. The summed E-state index contributed by atoms with van der Waals surface area (Å²) < 4.78 is 0. The van der Waals surface area contributed by atoms with Crippen LogP contribution in [0, 0.1) is 0 Å². The van der Waals surface area contributed by atoms with Gasteiger partial charge in [-0.15, -0.1) is 0 Å². The third-order valence-corrected chi connectivity index (χ3v) is 1.96. The molecule has 0 amide bonds. The molecule has 0 saturated carbocycles. The Balaban J connectivity index is 0. The molecule has 0 spiro atoms. The molecule has 5 heteroatoms. The van der Waals surface area contributed by atoms with Gasteiger partial charge in [0.2, 0.25) is 0 Å². The van der Waals surface area contributed by atoms with Gasteiger partial charge >= 0.3 is 11.9 Å². The predicted molar refractivity (Wildman–Crippen MR) is 63.9 cm³/mol. The van der Waals surface area contributed by atoms with Gasteiger partial charge in [-0.3, -0.25) is 9.59 Å². The predicted octanol–water partition coefficient (Wildman–Crippen LogP) is 2.48. The fourth-order valence-electron chi connectivity index (χ4n) is 1.03. The minimum atomic E-state index is -0.791. The van der Waals surface area contributed by atoms with Crippen LogP contribution in [-0.2, 0) is 14.4 Å². The summed E-state index contributed by atoms with van der Waals surface area (Å²) in [6, 6.07) is 0. The van der Waals surface area contributed by atoms with Crippen molar-refractivity contribution in [1.29, 1.82) is 0 Å². The summed E-state index contributed by atoms with van der Waals surface area (Å²) in [5.41, 5.74) is 0. The highest BCUT2D eigenvalue weighted by Crippen LogP contribution is 1.97. The summed E-state index contributed by atoms with van der Waals surface area (Å²) in [7, 11) is 0. The van der Waals surface area contributed by atoms with E-state index in [9.17, 15) is 14.4 Å². The highest BCUT2D eigenvalue weighted by Gasteiger charge is 1.94. The standard InChI is InChI=1S/C6H10O3.C6H12O2/c7-5-3-1-2-4-6(8)9;1-2-3-4-5-6(7)8/h5H,1-4H2,(H,8,9);2-5H2,1H3,(H,7,8). The van der Waals surface area contributed by atoms with Gasteiger partial charge in [0, 0.05) is 19.3 Å². The number of carboxylic acids is 2. The van der Waals surface area contributed by atoms with E-state index in [1.54, 1.807) is 0 Å². The Hall–Kier alpha value is -1.39. The fraction of sp³-hybridized carbons (Fsp3) is 0.750. The van der Waals surface area contributed by atoms with E-state index in [0.29, 0.717) is 25.7 Å². The molecule has 0 aromatic carbocycles. The molecule has 0 unspecified atom stereocenters. The van der Waals surface area contributed by atoms with Crippen molar-refractivity contribution < 1.29 is 24.6 Å². The van der Waals surface area contributed by atoms with Crippen LogP contribution in [0.1, 0.15) is 58.3 Å². The van der Waals surface area contributed by atoms with Crippen molar-refractivity contribution in [3.63, 3.8) is 0 Å². The lowest BCUT2D eigenvalue weighted by atomic mass is 10.2. The minimum Gasteiger partial charge on any atom is -0.481 e. The van der Waals surface area contributed by atoms with Gasteiger partial charge in [0.1, 0.15) is 6.29 Å². The second-order valence-corrected chi connectivity index (χ2v) is 3.66. The van der Waals surface area contributed by atoms with Crippen LogP contribution in [0.3, 0.4) is 0 Å². The lowest BCUT2D eigenvalue weighted by molar-refractivity contribution is -0.138. The first-order valence-corrected chi connectivity index (χ1v) is 5.91. The quantitative estimate of drug-likeness (QED) is 0.481. The Bertz CT molecular complexity index is 213. The zero-order valence-corrected chi connectivity index (χ0v) is 10.4. The SMILES string of the molecule is CCCCCC(=O)O.O=CCCCCC(=O)O. The van der Waals surface area contributed by atoms with Crippen LogP contribution in [0.25, 0.3) is 0 Å². The van der Waals surface area contributed by atoms with Gasteiger partial charge in [0.15, 0.2) is 0 Å². The maximum Gasteiger partial charge on any atom is 0.303 e. The van der Waals surface area contributed by atoms with E-state index in [4.69, 9.17) is 10.2 Å². The Morgan fingerprint density at radius 3 is 1.76 bits per heavy atom. The van der Waals surface area contributed by atoms with Crippen molar-refractivity contribution in [3.05, 3.63) is 0 Å². The molecule has 0 aliphatic rings. The van der Waals surface area contributed by atoms with Gasteiger partial charge in [0.05, 0.1) is 0 Å². The molecule has 2 N–H and O–H groups in total. The number of rotatable bonds is 9. The van der Waals surface area contributed by atoms with Crippen LogP contribution in [0.5, 0.6) is 0 Å². The molecule has 0 aliphatic carbocycles. The number of carboxylic acid groups (broad SMARTS) is 2. The van der Waals surface area contributed by atoms with Crippen LogP contribution in [0.15, 0.2) is 0 Å². The molecule has 0 aliphatic heterocycles. The summed E-state index contributed by atoms with van der Waals surface area (Å²) in [6.45, 7) is 2.06. The number of aliphatic carboxylic acids is 2. The minimum absolute atomic E-state index is 0.174. The van der Waals surface area contributed by atoms with Crippen molar-refractivity contribution in [1.82, 2.24) is 0 Å². The number of hydrogen-bond donors (Lipinski definition) is 2. The topological polar surface area (TPSA) is 91.7 Å². The Kier molecular flexibility index (Phi) is 15.5. The molecule has 0 saturated heterocycles. The highest BCUT2D eigenvalue weighted by molar-refractivity contribution is 5.66. The average Bonchev–Trinajstić information content (AvgIpc) is 2.25. The van der Waals surface area contributed by atoms with Crippen LogP contribution in [0.4, 0.5) is 0 Å². The first-order valence-electron chi connectivity index (χ1n) is 5.91. The fourth-order valence-corrected chi connectivity index (χ4v) is 1.03. The van der Waals surface area contributed by atoms with Gasteiger partial charge < -0.3 is 15.0 Å². The summed E-state index contributed by atoms with van der Waals surface area (Å²) >= 11 is 0. The summed E-state index contributed by atoms with van der Waals surface area (Å²) in [5.74, 6) is -1.47. The molecular weight excluding hydrogens is 224 g/mol. The van der Waals surface area contributed by atoms with E-state index in [-0.39, 0.29) is 6.42 Å². The molecule has 0 aromatic heterocycles. The van der Waals surface area contributed by atoms with E-state index in [2.05, 4.69) is 6.92 Å². The number of carbonyl (C=O) groups excluding carboxylic acids is 1. The summed E-state index contributed by atoms with van der Waals surface area (Å²) in [6.07, 6.45) is 6.03. The lowest BCUT2D eigenvalue weighted by Gasteiger charge is -1.89. The number of aldehydes is 1. The third kappa shape index (κ3) is 25.2. The zero-order valence-electron chi connectivity index (χ0n) is 10.4. The maximum absolute atomic E-state index is 9.87. The zero-order chi connectivity index (χ0) is 13.5. The lowest BCUT2D eigenvalue weighted by Crippen LogP contribution is -1.93. The Morgan fingerprint density at radius 1 is 0.941 bits per heavy atom. The Morgan fingerprint density at radius 2 is 1.41 bits per heavy atom. The van der Waals surface area contributed by atoms with Gasteiger partial charge in [-0.2, -0.15) is 0 Å². The molecule has 0 rings (SSSR count). The van der Waals surface area contributed by atoms with E-state index < -0.39 is 11.9 Å². The molecule has 5 nitrogen and oxygen atoms in total. The van der Waals surface area contributed by atoms with Crippen molar-refractivity contribution >= 4 is 18.2 Å². The van der Waals surface area contributed by atoms with Crippen molar-refractivity contribution in [2.24, 2.45) is 0 Å². The molecule has 0 bridgehead atoms. The van der Waals surface area contributed by atoms with E-state index in [1.165, 1.54) is 0 Å². The molecular formula is C12H22O5. The highest BCUT2D eigenvalue weighted by atomic mass is 16.4. The molecule has 0 radical (unpaired) electrons. The molecule has 0 heterocycles. The molecule has 0 atom stereocenters. The third-order valence-electron chi connectivity index (χ3n) is 1.96. The van der Waals surface area contributed by atoms with E-state index in [0.717, 1.165) is 25.5 Å². The number of unbranched alkanes of at least 4 members (excludes halogenated alkanes) is 4.